The molecule has 4 unspecified atom stereocenters. The second kappa shape index (κ2) is 14.7. The number of methoxy groups -OCH3 is 1. The van der Waals surface area contributed by atoms with E-state index < -0.39 is 18.4 Å². The van der Waals surface area contributed by atoms with Gasteiger partial charge < -0.3 is 39.0 Å². The predicted octanol–water partition coefficient (Wildman–Crippen LogP) is 4.11. The Morgan fingerprint density at radius 3 is 2.63 bits per heavy atom. The molecule has 2 aromatic rings. The summed E-state index contributed by atoms with van der Waals surface area (Å²) in [6, 6.07) is 8.12. The van der Waals surface area contributed by atoms with Crippen LogP contribution in [0.2, 0.25) is 0 Å². The zero-order chi connectivity index (χ0) is 33.1. The number of aliphatic imine (C=N–C) groups is 1. The highest BCUT2D eigenvalue weighted by molar-refractivity contribution is 5.89. The van der Waals surface area contributed by atoms with Gasteiger partial charge in [-0.3, -0.25) is 9.59 Å². The molecule has 3 aliphatic rings. The summed E-state index contributed by atoms with van der Waals surface area (Å²) in [6.45, 7) is 11.0. The molecule has 1 aromatic heterocycles. The van der Waals surface area contributed by atoms with Crippen LogP contribution in [0.4, 0.5) is 0 Å². The van der Waals surface area contributed by atoms with Gasteiger partial charge in [0.05, 0.1) is 30.8 Å². The maximum absolute atomic E-state index is 13.7. The van der Waals surface area contributed by atoms with E-state index >= 15 is 0 Å². The molecule has 11 heteroatoms. The summed E-state index contributed by atoms with van der Waals surface area (Å²) < 4.78 is 25.7. The molecular weight excluding hydrogens is 586 g/mol. The topological polar surface area (TPSA) is 118 Å². The summed E-state index contributed by atoms with van der Waals surface area (Å²) in [7, 11) is 5.47. The minimum absolute atomic E-state index is 0.0196. The molecule has 11 nitrogen and oxygen atoms in total. The molecule has 0 aliphatic carbocycles. The number of fused-ring (bicyclic) bond motifs is 2. The van der Waals surface area contributed by atoms with E-state index in [2.05, 4.69) is 36.0 Å². The van der Waals surface area contributed by atoms with Crippen molar-refractivity contribution in [3.8, 4) is 0 Å². The third-order valence-electron chi connectivity index (χ3n) is 9.90. The molecule has 2 N–H and O–H groups in total. The summed E-state index contributed by atoms with van der Waals surface area (Å²) in [4.78, 5) is 39.2. The van der Waals surface area contributed by atoms with E-state index in [1.165, 1.54) is 0 Å². The maximum Gasteiger partial charge on any atom is 0.288 e. The number of H-pyrrole nitrogens is 1. The normalized spacial score (nSPS) is 34.2. The van der Waals surface area contributed by atoms with Crippen molar-refractivity contribution < 1.29 is 28.5 Å². The highest BCUT2D eigenvalue weighted by atomic mass is 16.7. The summed E-state index contributed by atoms with van der Waals surface area (Å²) in [5.41, 5.74) is 2.00. The van der Waals surface area contributed by atoms with Crippen LogP contribution >= 0.6 is 0 Å². The van der Waals surface area contributed by atoms with E-state index in [4.69, 9.17) is 23.9 Å². The van der Waals surface area contributed by atoms with Crippen LogP contribution in [0.15, 0.2) is 35.5 Å². The fraction of sp³-hybridized carbons (Fsp3) is 0.686. The number of carbonyl (C=O) groups excluding carboxylic acids is 2. The van der Waals surface area contributed by atoms with Crippen LogP contribution in [0, 0.1) is 11.8 Å². The zero-order valence-electron chi connectivity index (χ0n) is 28.7. The van der Waals surface area contributed by atoms with E-state index in [1.54, 1.807) is 12.0 Å². The lowest BCUT2D eigenvalue weighted by Crippen LogP contribution is -2.53. The molecule has 3 saturated heterocycles. The molecule has 0 bridgehead atoms. The molecular formula is C35H53N5O6. The van der Waals surface area contributed by atoms with E-state index in [9.17, 15) is 9.59 Å². The molecule has 5 rings (SSSR count). The second-order valence-corrected chi connectivity index (χ2v) is 13.8. The van der Waals surface area contributed by atoms with E-state index in [1.807, 2.05) is 58.4 Å². The van der Waals surface area contributed by atoms with Crippen molar-refractivity contribution in [3.05, 3.63) is 36.0 Å². The molecule has 46 heavy (non-hydrogen) atoms. The lowest BCUT2D eigenvalue weighted by atomic mass is 9.85. The van der Waals surface area contributed by atoms with Crippen LogP contribution in [-0.4, -0.2) is 109 Å². The van der Waals surface area contributed by atoms with Crippen LogP contribution in [-0.2, 0) is 35.0 Å². The van der Waals surface area contributed by atoms with Gasteiger partial charge in [-0.2, -0.15) is 0 Å². The summed E-state index contributed by atoms with van der Waals surface area (Å²) >= 11 is 0. The average Bonchev–Trinajstić information content (AvgIpc) is 3.56. The number of aromatic nitrogens is 1. The Morgan fingerprint density at radius 1 is 1.13 bits per heavy atom. The smallest absolute Gasteiger partial charge is 0.288 e. The van der Waals surface area contributed by atoms with Crippen molar-refractivity contribution in [2.24, 2.45) is 16.8 Å². The van der Waals surface area contributed by atoms with Gasteiger partial charge >= 0.3 is 0 Å². The standard InChI is InChI=1S/C35H53N5O6/c1-20(2)37-35-40(7)28-16-22(4)44-34(32(28)46-35)45-31-21(3)12-11-15-39(6)33(42)27(38-30(41)18-29(43-8)23(31)5)17-24-19-36-26-14-10-9-13-25(24)26/h9-10,13-14,19-23,27-29,31-32,34,36H,11-12,15-18H2,1-8H3,(H,38,41)/b37-35+/t21?,22-,23+,27+,28?,29-,31+,32?,34?/m1/s1. The molecule has 0 spiro atoms. The van der Waals surface area contributed by atoms with Crippen molar-refractivity contribution >= 4 is 28.7 Å². The van der Waals surface area contributed by atoms with Gasteiger partial charge in [0, 0.05) is 63.2 Å². The Kier molecular flexibility index (Phi) is 11.0. The average molecular weight is 640 g/mol. The number of amidine groups is 1. The molecule has 9 atom stereocenters. The minimum Gasteiger partial charge on any atom is -0.454 e. The van der Waals surface area contributed by atoms with Crippen molar-refractivity contribution in [2.45, 2.75) is 116 Å². The van der Waals surface area contributed by atoms with Crippen LogP contribution in [0.5, 0.6) is 0 Å². The van der Waals surface area contributed by atoms with Crippen LogP contribution in [0.1, 0.15) is 65.9 Å². The largest absolute Gasteiger partial charge is 0.454 e. The summed E-state index contributed by atoms with van der Waals surface area (Å²) in [5.74, 6) is -0.371. The summed E-state index contributed by atoms with van der Waals surface area (Å²) in [6.07, 6.45) is 3.21. The fourth-order valence-corrected chi connectivity index (χ4v) is 7.30. The van der Waals surface area contributed by atoms with Gasteiger partial charge in [0.1, 0.15) is 6.04 Å². The number of carbonyl (C=O) groups is 2. The minimum atomic E-state index is -0.693. The number of rotatable bonds is 6. The maximum atomic E-state index is 13.7. The molecule has 3 fully saturated rings. The Labute approximate surface area is 273 Å². The van der Waals surface area contributed by atoms with Gasteiger partial charge in [0.25, 0.3) is 6.02 Å². The highest BCUT2D eigenvalue weighted by Gasteiger charge is 2.50. The molecule has 0 saturated carbocycles. The van der Waals surface area contributed by atoms with Crippen molar-refractivity contribution in [3.63, 3.8) is 0 Å². The van der Waals surface area contributed by atoms with Gasteiger partial charge in [0.15, 0.2) is 12.4 Å². The van der Waals surface area contributed by atoms with Crippen LogP contribution < -0.4 is 5.32 Å². The quantitative estimate of drug-likeness (QED) is 0.489. The lowest BCUT2D eigenvalue weighted by Gasteiger charge is -2.41. The van der Waals surface area contributed by atoms with Crippen molar-refractivity contribution in [1.82, 2.24) is 20.1 Å². The van der Waals surface area contributed by atoms with Gasteiger partial charge in [-0.05, 0) is 57.6 Å². The lowest BCUT2D eigenvalue weighted by molar-refractivity contribution is -0.268. The van der Waals surface area contributed by atoms with E-state index in [0.717, 1.165) is 35.7 Å². The Balaban J connectivity index is 1.36. The fourth-order valence-electron chi connectivity index (χ4n) is 7.30. The number of hydrogen-bond acceptors (Lipinski definition) is 7. The predicted molar refractivity (Wildman–Crippen MR) is 177 cm³/mol. The zero-order valence-corrected chi connectivity index (χ0v) is 28.7. The number of hydrogen-bond donors (Lipinski definition) is 2. The first-order chi connectivity index (χ1) is 22.0. The van der Waals surface area contributed by atoms with E-state index in [-0.39, 0.29) is 60.5 Å². The van der Waals surface area contributed by atoms with Crippen molar-refractivity contribution in [2.75, 3.05) is 27.7 Å². The number of aromatic amines is 1. The van der Waals surface area contributed by atoms with Crippen LogP contribution in [0.3, 0.4) is 0 Å². The number of nitrogens with zero attached hydrogens (tertiary/aromatic N) is 3. The molecule has 4 heterocycles. The number of benzene rings is 1. The first-order valence-corrected chi connectivity index (χ1v) is 16.9. The monoisotopic (exact) mass is 639 g/mol. The number of amides is 2. The third kappa shape index (κ3) is 7.52. The highest BCUT2D eigenvalue weighted by Crippen LogP contribution is 2.36. The van der Waals surface area contributed by atoms with Crippen LogP contribution in [0.25, 0.3) is 10.9 Å². The Morgan fingerprint density at radius 2 is 1.89 bits per heavy atom. The molecule has 254 valence electrons. The summed E-state index contributed by atoms with van der Waals surface area (Å²) in [5, 5.41) is 4.11. The first kappa shape index (κ1) is 34.2. The Bertz CT molecular complexity index is 1380. The van der Waals surface area contributed by atoms with Crippen molar-refractivity contribution in [1.29, 1.82) is 0 Å². The van der Waals surface area contributed by atoms with Gasteiger partial charge in [0.2, 0.25) is 11.8 Å². The van der Waals surface area contributed by atoms with Gasteiger partial charge in [-0.25, -0.2) is 4.99 Å². The first-order valence-electron chi connectivity index (χ1n) is 16.9. The molecule has 3 aliphatic heterocycles. The van der Waals surface area contributed by atoms with E-state index in [0.29, 0.717) is 19.0 Å². The molecule has 2 amide bonds. The van der Waals surface area contributed by atoms with Gasteiger partial charge in [-0.15, -0.1) is 0 Å². The van der Waals surface area contributed by atoms with Gasteiger partial charge in [-0.1, -0.05) is 32.0 Å². The number of likely N-dealkylation sites (N-methyl/N-ethyl adjacent to an activating group) is 2. The SMILES string of the molecule is CO[C@@H]1CC(=O)N[C@@H](Cc2c[nH]c3ccccc23)C(=O)N(C)CCCC(C)[C@H](OC2O[C@H](C)CC3C2O/C(=N/C(C)C)N3C)[C@H]1C. The number of para-hydroxylation sites is 1. The Hall–Kier alpha value is -3.15. The molecule has 0 radical (unpaired) electrons. The molecule has 1 aromatic carbocycles. The third-order valence-corrected chi connectivity index (χ3v) is 9.90. The second-order valence-electron chi connectivity index (χ2n) is 13.8. The number of ether oxygens (including phenoxy) is 4. The number of nitrogens with one attached hydrogen (secondary N) is 2.